The fourth-order valence-corrected chi connectivity index (χ4v) is 2.84. The van der Waals surface area contributed by atoms with Crippen LogP contribution < -0.4 is 0 Å². The molecule has 0 bridgehead atoms. The number of aryl methyl sites for hydroxylation is 1. The number of carbonyl (C=O) groups excluding carboxylic acids is 1. The van der Waals surface area contributed by atoms with Crippen molar-refractivity contribution in [1.29, 1.82) is 5.26 Å². The fraction of sp³-hybridized carbons (Fsp3) is 0.167. The van der Waals surface area contributed by atoms with E-state index in [1.807, 2.05) is 32.2 Å². The highest BCUT2D eigenvalue weighted by molar-refractivity contribution is 6.08. The molecule has 0 saturated carbocycles. The third-order valence-corrected chi connectivity index (χ3v) is 4.05. The average Bonchev–Trinajstić information content (AvgIpc) is 2.96. The molecule has 114 valence electrons. The average molecular weight is 305 g/mol. The predicted octanol–water partition coefficient (Wildman–Crippen LogP) is 3.21. The molecule has 0 radical (unpaired) electrons. The fourth-order valence-electron chi connectivity index (χ4n) is 2.84. The predicted molar refractivity (Wildman–Crippen MR) is 86.9 cm³/mol. The van der Waals surface area contributed by atoms with Crippen molar-refractivity contribution in [1.82, 2.24) is 9.78 Å². The zero-order valence-corrected chi connectivity index (χ0v) is 13.1. The van der Waals surface area contributed by atoms with Gasteiger partial charge in [-0.25, -0.2) is 4.79 Å². The van der Waals surface area contributed by atoms with E-state index in [-0.39, 0.29) is 0 Å². The number of carbonyl (C=O) groups is 1. The molecule has 0 saturated heterocycles. The van der Waals surface area contributed by atoms with Crippen molar-refractivity contribution in [3.05, 3.63) is 53.2 Å². The van der Waals surface area contributed by atoms with E-state index in [1.54, 1.807) is 23.0 Å². The highest BCUT2D eigenvalue weighted by Gasteiger charge is 2.18. The van der Waals surface area contributed by atoms with Gasteiger partial charge in [-0.05, 0) is 30.2 Å². The van der Waals surface area contributed by atoms with E-state index in [9.17, 15) is 10.1 Å². The van der Waals surface area contributed by atoms with Crippen LogP contribution in [0, 0.1) is 18.3 Å². The first kappa shape index (κ1) is 14.8. The number of ether oxygens (including phenoxy) is 1. The normalized spacial score (nSPS) is 10.5. The Kier molecular flexibility index (Phi) is 3.59. The van der Waals surface area contributed by atoms with Gasteiger partial charge in [0.05, 0.1) is 36.0 Å². The van der Waals surface area contributed by atoms with Crippen molar-refractivity contribution in [2.75, 3.05) is 7.11 Å². The van der Waals surface area contributed by atoms with Crippen molar-refractivity contribution < 1.29 is 9.53 Å². The molecule has 3 rings (SSSR count). The van der Waals surface area contributed by atoms with Gasteiger partial charge in [-0.1, -0.05) is 18.2 Å². The maximum absolute atomic E-state index is 11.9. The Morgan fingerprint density at radius 2 is 2.04 bits per heavy atom. The van der Waals surface area contributed by atoms with E-state index in [1.165, 1.54) is 7.11 Å². The van der Waals surface area contributed by atoms with E-state index in [2.05, 4.69) is 11.2 Å². The van der Waals surface area contributed by atoms with Crippen LogP contribution >= 0.6 is 0 Å². The van der Waals surface area contributed by atoms with Gasteiger partial charge in [0, 0.05) is 18.0 Å². The molecule has 0 N–H and O–H groups in total. The number of esters is 1. The molecule has 3 aromatic rings. The second-order valence-corrected chi connectivity index (χ2v) is 5.27. The van der Waals surface area contributed by atoms with Crippen molar-refractivity contribution in [2.24, 2.45) is 7.05 Å². The van der Waals surface area contributed by atoms with Gasteiger partial charge in [-0.2, -0.15) is 10.4 Å². The molecular formula is C18H15N3O2. The van der Waals surface area contributed by atoms with Crippen molar-refractivity contribution in [2.45, 2.75) is 6.92 Å². The van der Waals surface area contributed by atoms with Crippen LogP contribution in [0.25, 0.3) is 22.0 Å². The Morgan fingerprint density at radius 3 is 2.74 bits per heavy atom. The van der Waals surface area contributed by atoms with Crippen LogP contribution in [0.15, 0.2) is 36.5 Å². The molecule has 2 aromatic carbocycles. The lowest BCUT2D eigenvalue weighted by Gasteiger charge is -2.11. The second-order valence-electron chi connectivity index (χ2n) is 5.27. The van der Waals surface area contributed by atoms with Crippen LogP contribution in [0.4, 0.5) is 0 Å². The van der Waals surface area contributed by atoms with Gasteiger partial charge in [0.25, 0.3) is 0 Å². The van der Waals surface area contributed by atoms with Crippen LogP contribution in [0.3, 0.4) is 0 Å². The molecule has 0 spiro atoms. The van der Waals surface area contributed by atoms with E-state index in [0.29, 0.717) is 11.1 Å². The quantitative estimate of drug-likeness (QED) is 0.682. The van der Waals surface area contributed by atoms with Gasteiger partial charge < -0.3 is 4.74 Å². The Hall–Kier alpha value is -3.13. The van der Waals surface area contributed by atoms with E-state index in [4.69, 9.17) is 4.74 Å². The molecule has 5 nitrogen and oxygen atoms in total. The molecule has 23 heavy (non-hydrogen) atoms. The molecule has 0 fully saturated rings. The van der Waals surface area contributed by atoms with E-state index >= 15 is 0 Å². The number of aromatic nitrogens is 2. The number of rotatable bonds is 2. The van der Waals surface area contributed by atoms with Crippen LogP contribution in [0.5, 0.6) is 0 Å². The number of nitriles is 1. The minimum atomic E-state index is -0.392. The lowest BCUT2D eigenvalue weighted by Crippen LogP contribution is -2.03. The minimum Gasteiger partial charge on any atom is -0.465 e. The highest BCUT2D eigenvalue weighted by atomic mass is 16.5. The molecule has 0 aliphatic carbocycles. The van der Waals surface area contributed by atoms with Crippen LogP contribution in [-0.2, 0) is 11.8 Å². The SMILES string of the molecule is COC(=O)c1ccc(-c2cccc(C#N)c2C)c2c1cnn2C. The number of fused-ring (bicyclic) bond motifs is 1. The standard InChI is InChI=1S/C18H15N3O2/c1-11-12(9-19)5-4-6-13(11)14-7-8-15(18(22)23-3)16-10-20-21(2)17(14)16/h4-8,10H,1-3H3. The molecular weight excluding hydrogens is 290 g/mol. The molecule has 0 atom stereocenters. The Bertz CT molecular complexity index is 964. The summed E-state index contributed by atoms with van der Waals surface area (Å²) in [6.07, 6.45) is 1.66. The largest absolute Gasteiger partial charge is 0.465 e. The first-order valence-corrected chi connectivity index (χ1v) is 7.11. The van der Waals surface area contributed by atoms with Gasteiger partial charge in [-0.15, -0.1) is 0 Å². The van der Waals surface area contributed by atoms with E-state index in [0.717, 1.165) is 27.6 Å². The van der Waals surface area contributed by atoms with Crippen molar-refractivity contribution >= 4 is 16.9 Å². The molecule has 0 aliphatic rings. The summed E-state index contributed by atoms with van der Waals surface area (Å²) in [6, 6.07) is 11.4. The van der Waals surface area contributed by atoms with Crippen LogP contribution in [0.2, 0.25) is 0 Å². The lowest BCUT2D eigenvalue weighted by molar-refractivity contribution is 0.0603. The second kappa shape index (κ2) is 5.58. The summed E-state index contributed by atoms with van der Waals surface area (Å²) in [7, 11) is 3.19. The third kappa shape index (κ3) is 2.25. The summed E-state index contributed by atoms with van der Waals surface area (Å²) in [4.78, 5) is 11.9. The van der Waals surface area contributed by atoms with Gasteiger partial charge >= 0.3 is 5.97 Å². The molecule has 0 amide bonds. The Morgan fingerprint density at radius 1 is 1.26 bits per heavy atom. The van der Waals surface area contributed by atoms with Gasteiger partial charge in [0.2, 0.25) is 0 Å². The zero-order valence-electron chi connectivity index (χ0n) is 13.1. The maximum Gasteiger partial charge on any atom is 0.338 e. The zero-order chi connectivity index (χ0) is 16.6. The number of benzene rings is 2. The summed E-state index contributed by atoms with van der Waals surface area (Å²) < 4.78 is 6.57. The van der Waals surface area contributed by atoms with Crippen LogP contribution in [0.1, 0.15) is 21.5 Å². The minimum absolute atomic E-state index is 0.392. The lowest BCUT2D eigenvalue weighted by atomic mass is 9.94. The first-order chi connectivity index (χ1) is 11.1. The number of hydrogen-bond donors (Lipinski definition) is 0. The summed E-state index contributed by atoms with van der Waals surface area (Å²) in [5.74, 6) is -0.392. The molecule has 1 heterocycles. The first-order valence-electron chi connectivity index (χ1n) is 7.11. The summed E-state index contributed by atoms with van der Waals surface area (Å²) in [6.45, 7) is 1.92. The van der Waals surface area contributed by atoms with Gasteiger partial charge in [0.15, 0.2) is 0 Å². The Balaban J connectivity index is 2.35. The highest BCUT2D eigenvalue weighted by Crippen LogP contribution is 2.33. The van der Waals surface area contributed by atoms with Crippen LogP contribution in [-0.4, -0.2) is 22.9 Å². The van der Waals surface area contributed by atoms with Gasteiger partial charge in [-0.3, -0.25) is 4.68 Å². The van der Waals surface area contributed by atoms with Gasteiger partial charge in [0.1, 0.15) is 0 Å². The summed E-state index contributed by atoms with van der Waals surface area (Å²) in [5.41, 5.74) is 4.74. The van der Waals surface area contributed by atoms with Crippen molar-refractivity contribution in [3.63, 3.8) is 0 Å². The molecule has 5 heteroatoms. The monoisotopic (exact) mass is 305 g/mol. The smallest absolute Gasteiger partial charge is 0.338 e. The number of methoxy groups -OCH3 is 1. The molecule has 1 aromatic heterocycles. The van der Waals surface area contributed by atoms with Crippen molar-refractivity contribution in [3.8, 4) is 17.2 Å². The topological polar surface area (TPSA) is 67.9 Å². The van der Waals surface area contributed by atoms with E-state index < -0.39 is 5.97 Å². The summed E-state index contributed by atoms with van der Waals surface area (Å²) in [5, 5.41) is 14.2. The Labute approximate surface area is 133 Å². The maximum atomic E-state index is 11.9. The number of nitrogens with zero attached hydrogens (tertiary/aromatic N) is 3. The third-order valence-electron chi connectivity index (χ3n) is 4.05. The number of hydrogen-bond acceptors (Lipinski definition) is 4. The molecule has 0 unspecified atom stereocenters. The molecule has 0 aliphatic heterocycles. The summed E-state index contributed by atoms with van der Waals surface area (Å²) >= 11 is 0.